The largest absolute Gasteiger partial charge is 0.466 e. The van der Waals surface area contributed by atoms with Gasteiger partial charge in [0.1, 0.15) is 0 Å². The lowest BCUT2D eigenvalue weighted by Gasteiger charge is -2.22. The van der Waals surface area contributed by atoms with Crippen molar-refractivity contribution in [3.05, 3.63) is 0 Å². The Bertz CT molecular complexity index is 332. The number of rotatable bonds is 11. The van der Waals surface area contributed by atoms with Crippen LogP contribution in [0.5, 0.6) is 0 Å². The lowest BCUT2D eigenvalue weighted by Crippen LogP contribution is -2.35. The number of carbonyl (C=O) groups is 3. The average molecular weight is 300 g/mol. The van der Waals surface area contributed by atoms with Crippen molar-refractivity contribution in [3.63, 3.8) is 0 Å². The number of unbranched alkanes of at least 4 members (excludes halogenated alkanes) is 1. The van der Waals surface area contributed by atoms with E-state index >= 15 is 0 Å². The Balaban J connectivity index is 4.22. The summed E-state index contributed by atoms with van der Waals surface area (Å²) in [7, 11) is 0. The van der Waals surface area contributed by atoms with Crippen LogP contribution in [-0.2, 0) is 19.1 Å². The maximum absolute atomic E-state index is 12.1. The quantitative estimate of drug-likeness (QED) is 0.463. The Hall–Kier alpha value is -1.59. The zero-order chi connectivity index (χ0) is 16.1. The molecule has 0 aliphatic rings. The van der Waals surface area contributed by atoms with E-state index in [1.807, 2.05) is 6.92 Å². The number of hydrogen-bond acceptors (Lipinski definition) is 4. The molecule has 0 rings (SSSR count). The standard InChI is InChI=1S/C15H28N2O4/c1-4-6-8-14(19)17(11-7-10-16-13(3)18)12-9-15(20)21-5-2/h4-12H2,1-3H3,(H,16,18). The van der Waals surface area contributed by atoms with Gasteiger partial charge in [0, 0.05) is 33.0 Å². The molecule has 2 amide bonds. The van der Waals surface area contributed by atoms with Crippen molar-refractivity contribution >= 4 is 17.8 Å². The maximum atomic E-state index is 12.1. The molecule has 1 N–H and O–H groups in total. The first kappa shape index (κ1) is 19.4. The third kappa shape index (κ3) is 10.8. The van der Waals surface area contributed by atoms with E-state index < -0.39 is 0 Å². The predicted molar refractivity (Wildman–Crippen MR) is 80.7 cm³/mol. The van der Waals surface area contributed by atoms with Crippen molar-refractivity contribution in [2.75, 3.05) is 26.2 Å². The molecule has 21 heavy (non-hydrogen) atoms. The minimum atomic E-state index is -0.285. The minimum Gasteiger partial charge on any atom is -0.466 e. The highest BCUT2D eigenvalue weighted by molar-refractivity contribution is 5.77. The third-order valence-corrected chi connectivity index (χ3v) is 2.97. The van der Waals surface area contributed by atoms with E-state index in [0.717, 1.165) is 12.8 Å². The van der Waals surface area contributed by atoms with Crippen LogP contribution in [0.4, 0.5) is 0 Å². The highest BCUT2D eigenvalue weighted by Gasteiger charge is 2.14. The summed E-state index contributed by atoms with van der Waals surface area (Å²) >= 11 is 0. The van der Waals surface area contributed by atoms with Gasteiger partial charge in [-0.05, 0) is 19.8 Å². The van der Waals surface area contributed by atoms with Gasteiger partial charge in [-0.15, -0.1) is 0 Å². The zero-order valence-electron chi connectivity index (χ0n) is 13.4. The average Bonchev–Trinajstić information content (AvgIpc) is 2.43. The number of esters is 1. The lowest BCUT2D eigenvalue weighted by atomic mass is 10.2. The molecule has 122 valence electrons. The Morgan fingerprint density at radius 2 is 1.76 bits per heavy atom. The third-order valence-electron chi connectivity index (χ3n) is 2.97. The molecule has 0 spiro atoms. The van der Waals surface area contributed by atoms with Crippen molar-refractivity contribution < 1.29 is 19.1 Å². The Morgan fingerprint density at radius 3 is 2.33 bits per heavy atom. The van der Waals surface area contributed by atoms with Gasteiger partial charge >= 0.3 is 5.97 Å². The van der Waals surface area contributed by atoms with Crippen LogP contribution in [0.2, 0.25) is 0 Å². The Kier molecular flexibility index (Phi) is 11.3. The van der Waals surface area contributed by atoms with Crippen LogP contribution in [-0.4, -0.2) is 48.9 Å². The number of ether oxygens (including phenoxy) is 1. The normalized spacial score (nSPS) is 10.0. The fourth-order valence-corrected chi connectivity index (χ4v) is 1.84. The molecule has 0 radical (unpaired) electrons. The molecular weight excluding hydrogens is 272 g/mol. The predicted octanol–water partition coefficient (Wildman–Crippen LogP) is 1.48. The summed E-state index contributed by atoms with van der Waals surface area (Å²) in [5, 5.41) is 2.70. The van der Waals surface area contributed by atoms with E-state index in [4.69, 9.17) is 4.74 Å². The monoisotopic (exact) mass is 300 g/mol. The molecule has 6 nitrogen and oxygen atoms in total. The summed E-state index contributed by atoms with van der Waals surface area (Å²) in [6.45, 7) is 7.06. The highest BCUT2D eigenvalue weighted by Crippen LogP contribution is 2.04. The van der Waals surface area contributed by atoms with E-state index in [-0.39, 0.29) is 24.2 Å². The van der Waals surface area contributed by atoms with Gasteiger partial charge in [-0.2, -0.15) is 0 Å². The Morgan fingerprint density at radius 1 is 1.05 bits per heavy atom. The molecule has 6 heteroatoms. The molecule has 0 aromatic rings. The van der Waals surface area contributed by atoms with E-state index in [0.29, 0.717) is 39.1 Å². The molecule has 0 aromatic heterocycles. The van der Waals surface area contributed by atoms with Crippen molar-refractivity contribution in [2.45, 2.75) is 52.9 Å². The molecule has 0 aromatic carbocycles. The molecule has 0 bridgehead atoms. The van der Waals surface area contributed by atoms with Crippen LogP contribution in [0.3, 0.4) is 0 Å². The van der Waals surface area contributed by atoms with Gasteiger partial charge in [0.25, 0.3) is 0 Å². The molecule has 0 saturated carbocycles. The molecule has 0 atom stereocenters. The summed E-state index contributed by atoms with van der Waals surface area (Å²) in [6, 6.07) is 0. The van der Waals surface area contributed by atoms with Crippen LogP contribution in [0, 0.1) is 0 Å². The molecule has 0 fully saturated rings. The second-order valence-corrected chi connectivity index (χ2v) is 4.88. The SMILES string of the molecule is CCCCC(=O)N(CCCNC(C)=O)CCC(=O)OCC. The maximum Gasteiger partial charge on any atom is 0.307 e. The van der Waals surface area contributed by atoms with Crippen LogP contribution in [0.25, 0.3) is 0 Å². The topological polar surface area (TPSA) is 75.7 Å². The smallest absolute Gasteiger partial charge is 0.307 e. The summed E-state index contributed by atoms with van der Waals surface area (Å²) in [5.74, 6) is -0.304. The van der Waals surface area contributed by atoms with Crippen LogP contribution in [0.15, 0.2) is 0 Å². The number of hydrogen-bond donors (Lipinski definition) is 1. The van der Waals surface area contributed by atoms with Crippen molar-refractivity contribution in [1.29, 1.82) is 0 Å². The van der Waals surface area contributed by atoms with Gasteiger partial charge < -0.3 is 15.0 Å². The van der Waals surface area contributed by atoms with Crippen LogP contribution in [0.1, 0.15) is 52.9 Å². The van der Waals surface area contributed by atoms with E-state index in [9.17, 15) is 14.4 Å². The van der Waals surface area contributed by atoms with Gasteiger partial charge in [0.2, 0.25) is 11.8 Å². The molecule has 0 heterocycles. The fourth-order valence-electron chi connectivity index (χ4n) is 1.84. The molecule has 0 aliphatic heterocycles. The second-order valence-electron chi connectivity index (χ2n) is 4.88. The van der Waals surface area contributed by atoms with E-state index in [1.54, 1.807) is 11.8 Å². The van der Waals surface area contributed by atoms with E-state index in [2.05, 4.69) is 5.32 Å². The van der Waals surface area contributed by atoms with Crippen molar-refractivity contribution in [3.8, 4) is 0 Å². The van der Waals surface area contributed by atoms with Crippen LogP contribution >= 0.6 is 0 Å². The second kappa shape index (κ2) is 12.2. The van der Waals surface area contributed by atoms with Gasteiger partial charge in [0.05, 0.1) is 13.0 Å². The summed E-state index contributed by atoms with van der Waals surface area (Å²) in [6.07, 6.45) is 3.20. The van der Waals surface area contributed by atoms with Gasteiger partial charge in [-0.3, -0.25) is 14.4 Å². The molecule has 0 saturated heterocycles. The minimum absolute atomic E-state index is 0.0592. The van der Waals surface area contributed by atoms with Crippen molar-refractivity contribution in [1.82, 2.24) is 10.2 Å². The van der Waals surface area contributed by atoms with Gasteiger partial charge in [-0.1, -0.05) is 13.3 Å². The number of carbonyl (C=O) groups excluding carboxylic acids is 3. The van der Waals surface area contributed by atoms with Crippen LogP contribution < -0.4 is 5.32 Å². The van der Waals surface area contributed by atoms with Gasteiger partial charge in [-0.25, -0.2) is 0 Å². The molecule has 0 unspecified atom stereocenters. The molecular formula is C15H28N2O4. The highest BCUT2D eigenvalue weighted by atomic mass is 16.5. The van der Waals surface area contributed by atoms with E-state index in [1.165, 1.54) is 6.92 Å². The zero-order valence-corrected chi connectivity index (χ0v) is 13.4. The number of nitrogens with one attached hydrogen (secondary N) is 1. The first-order chi connectivity index (χ1) is 10.0. The van der Waals surface area contributed by atoms with Gasteiger partial charge in [0.15, 0.2) is 0 Å². The number of nitrogens with zero attached hydrogens (tertiary/aromatic N) is 1. The summed E-state index contributed by atoms with van der Waals surface area (Å²) < 4.78 is 4.88. The number of amides is 2. The summed E-state index contributed by atoms with van der Waals surface area (Å²) in [4.78, 5) is 36.0. The first-order valence-corrected chi connectivity index (χ1v) is 7.69. The first-order valence-electron chi connectivity index (χ1n) is 7.69. The lowest BCUT2D eigenvalue weighted by molar-refractivity contribution is -0.144. The fraction of sp³-hybridized carbons (Fsp3) is 0.800. The molecule has 0 aliphatic carbocycles. The summed E-state index contributed by atoms with van der Waals surface area (Å²) in [5.41, 5.74) is 0. The van der Waals surface area contributed by atoms with Crippen molar-refractivity contribution in [2.24, 2.45) is 0 Å². The Labute approximate surface area is 127 Å².